The first-order chi connectivity index (χ1) is 7.39. The van der Waals surface area contributed by atoms with Crippen molar-refractivity contribution in [2.45, 2.75) is 12.7 Å². The van der Waals surface area contributed by atoms with E-state index in [0.717, 1.165) is 12.1 Å². The quantitative estimate of drug-likeness (QED) is 0.882. The van der Waals surface area contributed by atoms with Gasteiger partial charge in [-0.15, -0.1) is 12.4 Å². The number of carboxylic acid groups (broad SMARTS) is 1. The summed E-state index contributed by atoms with van der Waals surface area (Å²) in [6.45, 7) is -0.188. The third-order valence-corrected chi connectivity index (χ3v) is 1.86. The molecule has 3 nitrogen and oxygen atoms in total. The monoisotopic (exact) mass is 269 g/mol. The van der Waals surface area contributed by atoms with Crippen LogP contribution in [0.5, 0.6) is 0 Å². The van der Waals surface area contributed by atoms with Gasteiger partial charge in [-0.2, -0.15) is 13.2 Å². The predicted octanol–water partition coefficient (Wildman–Crippen LogP) is 2.30. The van der Waals surface area contributed by atoms with Crippen molar-refractivity contribution in [1.29, 1.82) is 0 Å². The van der Waals surface area contributed by atoms with Crippen molar-refractivity contribution in [1.82, 2.24) is 5.32 Å². The van der Waals surface area contributed by atoms with Crippen LogP contribution in [0.25, 0.3) is 0 Å². The molecule has 0 saturated heterocycles. The van der Waals surface area contributed by atoms with Crippen LogP contribution in [-0.2, 0) is 17.5 Å². The highest BCUT2D eigenvalue weighted by molar-refractivity contribution is 5.85. The average Bonchev–Trinajstić information content (AvgIpc) is 2.16. The Labute approximate surface area is 102 Å². The number of nitrogens with one attached hydrogen (secondary N) is 1. The Morgan fingerprint density at radius 3 is 2.53 bits per heavy atom. The first kappa shape index (κ1) is 15.7. The molecule has 0 aliphatic carbocycles. The van der Waals surface area contributed by atoms with Gasteiger partial charge in [0.25, 0.3) is 0 Å². The molecule has 0 aromatic heterocycles. The zero-order chi connectivity index (χ0) is 12.2. The second-order valence-corrected chi connectivity index (χ2v) is 3.20. The van der Waals surface area contributed by atoms with Gasteiger partial charge in [0.15, 0.2) is 0 Å². The van der Waals surface area contributed by atoms with E-state index < -0.39 is 17.7 Å². The number of hydrogen-bond acceptors (Lipinski definition) is 2. The molecule has 0 atom stereocenters. The molecule has 0 aliphatic heterocycles. The van der Waals surface area contributed by atoms with Gasteiger partial charge in [-0.3, -0.25) is 4.79 Å². The standard InChI is InChI=1S/C10H10F3NO2.ClH/c11-10(12,13)8-3-1-2-7(4-8)5-14-6-9(15)16;/h1-4,14H,5-6H2,(H,15,16);1H. The first-order valence-electron chi connectivity index (χ1n) is 4.48. The molecule has 0 spiro atoms. The second kappa shape index (κ2) is 6.46. The smallest absolute Gasteiger partial charge is 0.416 e. The van der Waals surface area contributed by atoms with Gasteiger partial charge in [0.05, 0.1) is 12.1 Å². The lowest BCUT2D eigenvalue weighted by molar-refractivity contribution is -0.138. The van der Waals surface area contributed by atoms with Gasteiger partial charge >= 0.3 is 12.1 Å². The van der Waals surface area contributed by atoms with Crippen molar-refractivity contribution in [3.05, 3.63) is 35.4 Å². The van der Waals surface area contributed by atoms with E-state index in [9.17, 15) is 18.0 Å². The lowest BCUT2D eigenvalue weighted by Gasteiger charge is -2.08. The van der Waals surface area contributed by atoms with E-state index in [0.29, 0.717) is 5.56 Å². The van der Waals surface area contributed by atoms with E-state index in [2.05, 4.69) is 5.32 Å². The van der Waals surface area contributed by atoms with Gasteiger partial charge in [0.2, 0.25) is 0 Å². The maximum atomic E-state index is 12.3. The van der Waals surface area contributed by atoms with E-state index in [1.54, 1.807) is 0 Å². The fourth-order valence-corrected chi connectivity index (χ4v) is 1.17. The van der Waals surface area contributed by atoms with Crippen LogP contribution in [-0.4, -0.2) is 17.6 Å². The molecule has 1 aromatic carbocycles. The van der Waals surface area contributed by atoms with Crippen molar-refractivity contribution in [3.8, 4) is 0 Å². The highest BCUT2D eigenvalue weighted by Gasteiger charge is 2.30. The van der Waals surface area contributed by atoms with Crippen LogP contribution >= 0.6 is 12.4 Å². The predicted molar refractivity (Wildman–Crippen MR) is 58.0 cm³/mol. The molecular formula is C10H11ClF3NO2. The fraction of sp³-hybridized carbons (Fsp3) is 0.300. The normalized spacial score (nSPS) is 10.8. The highest BCUT2D eigenvalue weighted by Crippen LogP contribution is 2.29. The molecule has 0 bridgehead atoms. The Morgan fingerprint density at radius 2 is 2.00 bits per heavy atom. The number of carboxylic acids is 1. The number of aliphatic carboxylic acids is 1. The van der Waals surface area contributed by atoms with E-state index >= 15 is 0 Å². The Balaban J connectivity index is 0.00000256. The highest BCUT2D eigenvalue weighted by atomic mass is 35.5. The number of halogens is 4. The number of carbonyl (C=O) groups is 1. The minimum absolute atomic E-state index is 0. The summed E-state index contributed by atoms with van der Waals surface area (Å²) in [6.07, 6.45) is -4.37. The topological polar surface area (TPSA) is 49.3 Å². The maximum Gasteiger partial charge on any atom is 0.416 e. The Hall–Kier alpha value is -1.27. The molecule has 0 radical (unpaired) electrons. The summed E-state index contributed by atoms with van der Waals surface area (Å²) in [5.74, 6) is -1.05. The molecule has 17 heavy (non-hydrogen) atoms. The van der Waals surface area contributed by atoms with Gasteiger partial charge in [0, 0.05) is 6.54 Å². The summed E-state index contributed by atoms with van der Waals surface area (Å²) < 4.78 is 36.9. The van der Waals surface area contributed by atoms with E-state index in [-0.39, 0.29) is 25.5 Å². The third-order valence-electron chi connectivity index (χ3n) is 1.86. The number of benzene rings is 1. The van der Waals surface area contributed by atoms with Crippen LogP contribution < -0.4 is 5.32 Å². The van der Waals surface area contributed by atoms with Gasteiger partial charge in [-0.05, 0) is 11.6 Å². The molecule has 1 aromatic rings. The van der Waals surface area contributed by atoms with Crippen molar-refractivity contribution in [2.75, 3.05) is 6.54 Å². The van der Waals surface area contributed by atoms with Crippen LogP contribution in [0.15, 0.2) is 24.3 Å². The van der Waals surface area contributed by atoms with Crippen LogP contribution in [0.1, 0.15) is 11.1 Å². The number of rotatable bonds is 4. The summed E-state index contributed by atoms with van der Waals surface area (Å²) in [4.78, 5) is 10.2. The van der Waals surface area contributed by atoms with Gasteiger partial charge in [-0.1, -0.05) is 18.2 Å². The minimum atomic E-state index is -4.37. The Morgan fingerprint density at radius 1 is 1.35 bits per heavy atom. The number of hydrogen-bond donors (Lipinski definition) is 2. The van der Waals surface area contributed by atoms with E-state index in [1.807, 2.05) is 0 Å². The molecule has 0 heterocycles. The van der Waals surface area contributed by atoms with Gasteiger partial charge in [0.1, 0.15) is 0 Å². The van der Waals surface area contributed by atoms with Crippen molar-refractivity contribution in [3.63, 3.8) is 0 Å². The van der Waals surface area contributed by atoms with Crippen molar-refractivity contribution >= 4 is 18.4 Å². The van der Waals surface area contributed by atoms with Gasteiger partial charge < -0.3 is 10.4 Å². The summed E-state index contributed by atoms with van der Waals surface area (Å²) in [5, 5.41) is 10.8. The number of alkyl halides is 3. The third kappa shape index (κ3) is 5.55. The molecule has 96 valence electrons. The SMILES string of the molecule is Cl.O=C(O)CNCc1cccc(C(F)(F)F)c1. The summed E-state index contributed by atoms with van der Waals surface area (Å²) in [6, 6.07) is 4.76. The maximum absolute atomic E-state index is 12.3. The van der Waals surface area contributed by atoms with Crippen LogP contribution in [0.4, 0.5) is 13.2 Å². The second-order valence-electron chi connectivity index (χ2n) is 3.20. The summed E-state index contributed by atoms with van der Waals surface area (Å²) in [5.41, 5.74) is -0.335. The largest absolute Gasteiger partial charge is 0.480 e. The molecule has 0 fully saturated rings. The van der Waals surface area contributed by atoms with E-state index in [4.69, 9.17) is 5.11 Å². The fourth-order valence-electron chi connectivity index (χ4n) is 1.17. The van der Waals surface area contributed by atoms with Crippen LogP contribution in [0.2, 0.25) is 0 Å². The Bertz CT molecular complexity index is 382. The molecule has 1 rings (SSSR count). The van der Waals surface area contributed by atoms with E-state index in [1.165, 1.54) is 12.1 Å². The lowest BCUT2D eigenvalue weighted by Crippen LogP contribution is -2.22. The summed E-state index contributed by atoms with van der Waals surface area (Å²) in [7, 11) is 0. The summed E-state index contributed by atoms with van der Waals surface area (Å²) >= 11 is 0. The minimum Gasteiger partial charge on any atom is -0.480 e. The van der Waals surface area contributed by atoms with Gasteiger partial charge in [-0.25, -0.2) is 0 Å². The van der Waals surface area contributed by atoms with Crippen LogP contribution in [0.3, 0.4) is 0 Å². The average molecular weight is 270 g/mol. The zero-order valence-electron chi connectivity index (χ0n) is 8.62. The molecule has 0 aliphatic rings. The molecule has 0 amide bonds. The Kier molecular flexibility index (Phi) is 5.98. The van der Waals surface area contributed by atoms with Crippen molar-refractivity contribution in [2.24, 2.45) is 0 Å². The molecule has 0 unspecified atom stereocenters. The molecule has 0 saturated carbocycles. The van der Waals surface area contributed by atoms with Crippen molar-refractivity contribution < 1.29 is 23.1 Å². The lowest BCUT2D eigenvalue weighted by atomic mass is 10.1. The molecule has 2 N–H and O–H groups in total. The van der Waals surface area contributed by atoms with Crippen LogP contribution in [0, 0.1) is 0 Å². The molecular weight excluding hydrogens is 259 g/mol. The molecule has 7 heteroatoms. The zero-order valence-corrected chi connectivity index (χ0v) is 9.44. The first-order valence-corrected chi connectivity index (χ1v) is 4.48.